The molecule has 0 aliphatic heterocycles. The number of pyridine rings is 4. The molecule has 0 saturated heterocycles. The van der Waals surface area contributed by atoms with Crippen LogP contribution in [0.5, 0.6) is 0 Å². The molecular formula is C80H98N4+4. The fourth-order valence-corrected chi connectivity index (χ4v) is 17.8. The first-order chi connectivity index (χ1) is 40.4. The van der Waals surface area contributed by atoms with E-state index in [9.17, 15) is 1.37 Å². The highest BCUT2D eigenvalue weighted by atomic mass is 14.9. The van der Waals surface area contributed by atoms with Crippen molar-refractivity contribution in [1.82, 2.24) is 0 Å². The number of aryl methyl sites for hydroxylation is 8. The molecule has 4 aromatic carbocycles. The predicted octanol–water partition coefficient (Wildman–Crippen LogP) is 17.6. The lowest BCUT2D eigenvalue weighted by molar-refractivity contribution is -0.661. The summed E-state index contributed by atoms with van der Waals surface area (Å²) in [5.41, 5.74) is 28.6. The average Bonchev–Trinajstić information content (AvgIpc) is 1.52. The van der Waals surface area contributed by atoms with Crippen molar-refractivity contribution >= 4 is 0 Å². The lowest BCUT2D eigenvalue weighted by Crippen LogP contribution is -2.36. The van der Waals surface area contributed by atoms with E-state index in [1.807, 2.05) is 0 Å². The fraction of sp³-hybridized carbons (Fsp3) is 0.450. The Morgan fingerprint density at radius 2 is 0.786 bits per heavy atom. The van der Waals surface area contributed by atoms with Crippen molar-refractivity contribution in [2.24, 2.45) is 39.0 Å². The van der Waals surface area contributed by atoms with Gasteiger partial charge in [0, 0.05) is 82.3 Å². The number of nitrogens with zero attached hydrogens (tertiary/aromatic N) is 4. The molecule has 4 heterocycles. The highest BCUT2D eigenvalue weighted by Gasteiger charge is 2.62. The average molecular weight is 1120 g/mol. The summed E-state index contributed by atoms with van der Waals surface area (Å²) < 4.78 is 27.1. The molecule has 4 aromatic heterocycles. The molecular weight excluding hydrogens is 1020 g/mol. The molecule has 7 aliphatic carbocycles. The van der Waals surface area contributed by atoms with Crippen LogP contribution in [0.4, 0.5) is 0 Å². The molecule has 0 N–H and O–H groups in total. The van der Waals surface area contributed by atoms with E-state index in [4.69, 9.17) is 1.37 Å². The van der Waals surface area contributed by atoms with Crippen molar-refractivity contribution in [3.05, 3.63) is 213 Å². The standard InChI is InChI=1S/2C21H26N.C20H26N.C18H20N/c2*1-14-8-6-7-9-15(14)19-12-16-17-10-11-21(4,20(17,2)3)18(16)13-22(19)5;1-14-9-7-8-10-15(14)18-11-16-17(12-21(18)6)20(4,5)13-19(16,2)3;1-12-5-3-4-6-15(12)18-10-16-13-7-8-14(9-13)17(16)11-19(18)2/h2*6-9,12-13,17H,10-11H2,1-5H3;7-12H,13H2,1-6H3;3-6,10-11,13-14H,7-9H2,1-2H3/q4*+1/i17D;;;13D. The third-order valence-electron chi connectivity index (χ3n) is 23.4. The van der Waals surface area contributed by atoms with Crippen molar-refractivity contribution in [3.63, 3.8) is 0 Å². The van der Waals surface area contributed by atoms with E-state index in [1.165, 1.54) is 126 Å². The van der Waals surface area contributed by atoms with Gasteiger partial charge in [-0.2, -0.15) is 0 Å². The van der Waals surface area contributed by atoms with E-state index in [0.717, 1.165) is 31.6 Å². The highest BCUT2D eigenvalue weighted by Crippen LogP contribution is 2.69. The van der Waals surface area contributed by atoms with Gasteiger partial charge in [0.05, 0.1) is 0 Å². The van der Waals surface area contributed by atoms with Gasteiger partial charge in [0.1, 0.15) is 28.2 Å². The Morgan fingerprint density at radius 3 is 1.29 bits per heavy atom. The van der Waals surface area contributed by atoms with Crippen molar-refractivity contribution in [2.45, 2.75) is 194 Å². The molecule has 3 saturated carbocycles. The second kappa shape index (κ2) is 20.6. The minimum atomic E-state index is -0.456. The smallest absolute Gasteiger partial charge is 0.201 e. The van der Waals surface area contributed by atoms with Crippen LogP contribution in [0, 0.1) is 38.5 Å². The molecule has 8 aromatic rings. The van der Waals surface area contributed by atoms with Gasteiger partial charge in [-0.15, -0.1) is 0 Å². The number of benzene rings is 4. The van der Waals surface area contributed by atoms with Crippen LogP contribution in [0.2, 0.25) is 0 Å². The zero-order chi connectivity index (χ0) is 61.6. The summed E-state index contributed by atoms with van der Waals surface area (Å²) in [6.07, 6.45) is 18.6. The summed E-state index contributed by atoms with van der Waals surface area (Å²) in [5.74, 6) is 0.574. The zero-order valence-electron chi connectivity index (χ0n) is 56.5. The molecule has 84 heavy (non-hydrogen) atoms. The number of hydrogen-bond acceptors (Lipinski definition) is 0. The van der Waals surface area contributed by atoms with E-state index in [1.54, 1.807) is 11.1 Å². The molecule has 3 fully saturated rings. The van der Waals surface area contributed by atoms with E-state index in [0.29, 0.717) is 16.7 Å². The van der Waals surface area contributed by atoms with Crippen LogP contribution >= 0.6 is 0 Å². The largest absolute Gasteiger partial charge is 0.212 e. The van der Waals surface area contributed by atoms with Crippen LogP contribution in [-0.2, 0) is 49.9 Å². The van der Waals surface area contributed by atoms with E-state index >= 15 is 0 Å². The summed E-state index contributed by atoms with van der Waals surface area (Å²) in [5, 5.41) is 0. The van der Waals surface area contributed by atoms with E-state index in [-0.39, 0.29) is 27.6 Å². The Kier molecular flexibility index (Phi) is 13.6. The normalized spacial score (nSPS) is 26.7. The Balaban J connectivity index is 0.000000112. The summed E-state index contributed by atoms with van der Waals surface area (Å²) in [6.45, 7) is 32.6. The summed E-state index contributed by atoms with van der Waals surface area (Å²) in [4.78, 5) is 0. The first-order valence-corrected chi connectivity index (χ1v) is 31.8. The third kappa shape index (κ3) is 9.10. The molecule has 6 atom stereocenters. The first kappa shape index (κ1) is 55.4. The van der Waals surface area contributed by atoms with Crippen LogP contribution in [0.15, 0.2) is 146 Å². The van der Waals surface area contributed by atoms with Crippen LogP contribution in [-0.4, -0.2) is 0 Å². The first-order valence-electron chi connectivity index (χ1n) is 32.8. The fourth-order valence-electron chi connectivity index (χ4n) is 17.8. The SMILES string of the molecule is Cc1ccccc1-c1cc2c(c[n+]1C)C(C)(C)CC2(C)C.Cc1ccccc1-c1cc2c(c[n+]1C)C1(C)CCC2C1(C)C.[2H]C12CCC(C)(c3c[n+](C)c(-c4ccccc4C)cc31)C2(C)C.[2H]C12CCC(C1)c1c[n+](C)c(-c3ccccc3C)cc12. The van der Waals surface area contributed by atoms with Crippen LogP contribution < -0.4 is 18.3 Å². The van der Waals surface area contributed by atoms with Gasteiger partial charge < -0.3 is 0 Å². The Hall–Kier alpha value is -6.52. The maximum Gasteiger partial charge on any atom is 0.212 e. The van der Waals surface area contributed by atoms with Crippen molar-refractivity contribution in [3.8, 4) is 45.0 Å². The lowest BCUT2D eigenvalue weighted by Gasteiger charge is -2.34. The topological polar surface area (TPSA) is 15.5 Å². The summed E-state index contributed by atoms with van der Waals surface area (Å²) >= 11 is 0. The maximum absolute atomic E-state index is 9.25. The van der Waals surface area contributed by atoms with Gasteiger partial charge in [0.15, 0.2) is 24.8 Å². The second-order valence-electron chi connectivity index (χ2n) is 29.8. The monoisotopic (exact) mass is 1120 g/mol. The van der Waals surface area contributed by atoms with Crippen LogP contribution in [0.3, 0.4) is 0 Å². The molecule has 0 amide bonds. The predicted molar refractivity (Wildman–Crippen MR) is 347 cm³/mol. The summed E-state index contributed by atoms with van der Waals surface area (Å²) in [6, 6.07) is 43.9. The molecule has 6 bridgehead atoms. The van der Waals surface area contributed by atoms with Gasteiger partial charge in [-0.3, -0.25) is 0 Å². The van der Waals surface area contributed by atoms with Crippen LogP contribution in [0.1, 0.15) is 214 Å². The minimum Gasteiger partial charge on any atom is -0.201 e. The van der Waals surface area contributed by atoms with Gasteiger partial charge >= 0.3 is 0 Å². The van der Waals surface area contributed by atoms with E-state index < -0.39 is 5.89 Å². The Labute approximate surface area is 508 Å². The number of fused-ring (bicyclic) bond motifs is 16. The van der Waals surface area contributed by atoms with Crippen molar-refractivity contribution < 1.29 is 21.0 Å². The quantitative estimate of drug-likeness (QED) is 0.156. The van der Waals surface area contributed by atoms with E-state index in [2.05, 4.69) is 290 Å². The zero-order valence-corrected chi connectivity index (χ0v) is 54.5. The molecule has 434 valence electrons. The van der Waals surface area contributed by atoms with Crippen molar-refractivity contribution in [2.75, 3.05) is 0 Å². The second-order valence-corrected chi connectivity index (χ2v) is 29.8. The molecule has 0 spiro atoms. The molecule has 7 aliphatic rings. The Morgan fingerprint density at radius 1 is 0.393 bits per heavy atom. The third-order valence-corrected chi connectivity index (χ3v) is 23.4. The van der Waals surface area contributed by atoms with Gasteiger partial charge in [-0.05, 0) is 193 Å². The molecule has 4 nitrogen and oxygen atoms in total. The molecule has 15 rings (SSSR count). The Bertz CT molecular complexity index is 4050. The van der Waals surface area contributed by atoms with Gasteiger partial charge in [-0.1, -0.05) is 142 Å². The minimum absolute atomic E-state index is 0.0142. The number of hydrogen-bond donors (Lipinski definition) is 0. The van der Waals surface area contributed by atoms with Crippen LogP contribution in [0.25, 0.3) is 45.0 Å². The van der Waals surface area contributed by atoms with Gasteiger partial charge in [0.25, 0.3) is 0 Å². The number of aromatic nitrogens is 4. The molecule has 4 heteroatoms. The summed E-state index contributed by atoms with van der Waals surface area (Å²) in [7, 11) is 8.64. The van der Waals surface area contributed by atoms with Gasteiger partial charge in [0.2, 0.25) is 22.8 Å². The van der Waals surface area contributed by atoms with Gasteiger partial charge in [-0.25, -0.2) is 18.3 Å². The maximum atomic E-state index is 9.25. The molecule has 6 unspecified atom stereocenters. The number of rotatable bonds is 4. The molecule has 0 radical (unpaired) electrons. The van der Waals surface area contributed by atoms with Crippen molar-refractivity contribution in [1.29, 1.82) is 0 Å². The highest BCUT2D eigenvalue weighted by molar-refractivity contribution is 5.67. The lowest BCUT2D eigenvalue weighted by atomic mass is 9.69.